The Morgan fingerprint density at radius 2 is 2.36 bits per heavy atom. The van der Waals surface area contributed by atoms with Gasteiger partial charge >= 0.3 is 0 Å². The molecule has 0 saturated carbocycles. The van der Waals surface area contributed by atoms with E-state index in [2.05, 4.69) is 25.6 Å². The van der Waals surface area contributed by atoms with E-state index in [-0.39, 0.29) is 11.9 Å². The highest BCUT2D eigenvalue weighted by Gasteiger charge is 2.25. The summed E-state index contributed by atoms with van der Waals surface area (Å²) in [5.74, 6) is 0.939. The zero-order chi connectivity index (χ0) is 17.5. The minimum Gasteiger partial charge on any atom is -0.357 e. The lowest BCUT2D eigenvalue weighted by Crippen LogP contribution is -2.44. The van der Waals surface area contributed by atoms with Crippen molar-refractivity contribution in [2.24, 2.45) is 4.99 Å². The molecule has 2 aromatic heterocycles. The molecule has 2 N–H and O–H groups in total. The Morgan fingerprint density at radius 1 is 1.44 bits per heavy atom. The van der Waals surface area contributed by atoms with Gasteiger partial charge in [-0.25, -0.2) is 14.4 Å². The molecule has 8 heteroatoms. The molecular weight excluding hydrogens is 321 g/mol. The molecule has 3 rings (SSSR count). The van der Waals surface area contributed by atoms with Gasteiger partial charge in [0.05, 0.1) is 12.9 Å². The van der Waals surface area contributed by atoms with Crippen molar-refractivity contribution in [3.05, 3.63) is 42.9 Å². The van der Waals surface area contributed by atoms with Gasteiger partial charge in [-0.2, -0.15) is 0 Å². The van der Waals surface area contributed by atoms with Crippen LogP contribution in [0.1, 0.15) is 13.3 Å². The SMILES string of the molecule is CCNC(=NCCn1ccnc1)NC1CCN(c2ncccc2F)C1. The Hall–Kier alpha value is -2.64. The molecule has 1 saturated heterocycles. The molecule has 25 heavy (non-hydrogen) atoms. The van der Waals surface area contributed by atoms with E-state index >= 15 is 0 Å². The Kier molecular flexibility index (Phi) is 5.81. The summed E-state index contributed by atoms with van der Waals surface area (Å²) in [6.45, 7) is 5.77. The van der Waals surface area contributed by atoms with Crippen LogP contribution in [0, 0.1) is 5.82 Å². The van der Waals surface area contributed by atoms with Gasteiger partial charge in [-0.3, -0.25) is 4.99 Å². The molecule has 1 unspecified atom stereocenters. The molecule has 1 aliphatic rings. The fraction of sp³-hybridized carbons (Fsp3) is 0.471. The van der Waals surface area contributed by atoms with E-state index in [1.807, 2.05) is 22.6 Å². The number of anilines is 1. The minimum atomic E-state index is -0.274. The highest BCUT2D eigenvalue weighted by molar-refractivity contribution is 5.80. The maximum Gasteiger partial charge on any atom is 0.191 e. The molecule has 0 spiro atoms. The summed E-state index contributed by atoms with van der Waals surface area (Å²) in [5, 5.41) is 6.70. The zero-order valence-corrected chi connectivity index (χ0v) is 14.4. The summed E-state index contributed by atoms with van der Waals surface area (Å²) in [6.07, 6.45) is 8.01. The molecule has 0 aromatic carbocycles. The highest BCUT2D eigenvalue weighted by Crippen LogP contribution is 2.20. The first kappa shape index (κ1) is 17.2. The summed E-state index contributed by atoms with van der Waals surface area (Å²) >= 11 is 0. The topological polar surface area (TPSA) is 70.4 Å². The van der Waals surface area contributed by atoms with Crippen LogP contribution in [0.4, 0.5) is 10.2 Å². The predicted molar refractivity (Wildman–Crippen MR) is 96.2 cm³/mol. The number of hydrogen-bond donors (Lipinski definition) is 2. The summed E-state index contributed by atoms with van der Waals surface area (Å²) in [7, 11) is 0. The van der Waals surface area contributed by atoms with Crippen molar-refractivity contribution in [1.29, 1.82) is 0 Å². The van der Waals surface area contributed by atoms with Crippen LogP contribution in [-0.4, -0.2) is 52.7 Å². The van der Waals surface area contributed by atoms with Crippen molar-refractivity contribution in [2.75, 3.05) is 31.1 Å². The Balaban J connectivity index is 1.54. The third kappa shape index (κ3) is 4.68. The number of nitrogens with one attached hydrogen (secondary N) is 2. The summed E-state index contributed by atoms with van der Waals surface area (Å²) in [6, 6.07) is 3.28. The van der Waals surface area contributed by atoms with Crippen LogP contribution in [0.3, 0.4) is 0 Å². The van der Waals surface area contributed by atoms with Gasteiger partial charge < -0.3 is 20.1 Å². The second kappa shape index (κ2) is 8.46. The van der Waals surface area contributed by atoms with Crippen LogP contribution in [-0.2, 0) is 6.54 Å². The molecule has 134 valence electrons. The first-order chi connectivity index (χ1) is 12.3. The molecule has 0 aliphatic carbocycles. The number of guanidine groups is 1. The van der Waals surface area contributed by atoms with E-state index in [1.165, 1.54) is 6.07 Å². The summed E-state index contributed by atoms with van der Waals surface area (Å²) < 4.78 is 15.9. The van der Waals surface area contributed by atoms with E-state index in [1.54, 1.807) is 24.8 Å². The number of rotatable bonds is 6. The Labute approximate surface area is 147 Å². The number of nitrogens with zero attached hydrogens (tertiary/aromatic N) is 5. The van der Waals surface area contributed by atoms with Gasteiger partial charge in [0.2, 0.25) is 0 Å². The fourth-order valence-corrected chi connectivity index (χ4v) is 2.89. The van der Waals surface area contributed by atoms with Gasteiger partial charge in [-0.15, -0.1) is 0 Å². The smallest absolute Gasteiger partial charge is 0.191 e. The number of aromatic nitrogens is 3. The van der Waals surface area contributed by atoms with E-state index < -0.39 is 0 Å². The molecule has 2 aromatic rings. The molecular formula is C17H24FN7. The van der Waals surface area contributed by atoms with Crippen molar-refractivity contribution in [2.45, 2.75) is 25.9 Å². The second-order valence-electron chi connectivity index (χ2n) is 5.95. The van der Waals surface area contributed by atoms with Gasteiger partial charge in [0.25, 0.3) is 0 Å². The van der Waals surface area contributed by atoms with E-state index in [0.29, 0.717) is 18.9 Å². The lowest BCUT2D eigenvalue weighted by Gasteiger charge is -2.20. The van der Waals surface area contributed by atoms with Gasteiger partial charge in [-0.05, 0) is 25.5 Å². The third-order valence-corrected chi connectivity index (χ3v) is 4.10. The van der Waals surface area contributed by atoms with E-state index in [9.17, 15) is 4.39 Å². The van der Waals surface area contributed by atoms with E-state index in [4.69, 9.17) is 0 Å². The third-order valence-electron chi connectivity index (χ3n) is 4.10. The standard InChI is InChI=1S/C17H24FN7/c1-2-20-17(22-8-11-24-10-7-19-13-24)23-14-5-9-25(12-14)16-15(18)4-3-6-21-16/h3-4,6-7,10,13-14H,2,5,8-9,11-12H2,1H3,(H2,20,22,23). The largest absolute Gasteiger partial charge is 0.357 e. The van der Waals surface area contributed by atoms with Gasteiger partial charge in [0, 0.05) is 50.8 Å². The molecule has 1 fully saturated rings. The van der Waals surface area contributed by atoms with Crippen LogP contribution in [0.2, 0.25) is 0 Å². The van der Waals surface area contributed by atoms with Crippen LogP contribution in [0.5, 0.6) is 0 Å². The van der Waals surface area contributed by atoms with Crippen LogP contribution in [0.15, 0.2) is 42.0 Å². The number of pyridine rings is 1. The van der Waals surface area contributed by atoms with Gasteiger partial charge in [0.1, 0.15) is 0 Å². The van der Waals surface area contributed by atoms with Crippen molar-refractivity contribution in [3.63, 3.8) is 0 Å². The number of imidazole rings is 1. The lowest BCUT2D eigenvalue weighted by molar-refractivity contribution is 0.612. The number of hydrogen-bond acceptors (Lipinski definition) is 4. The lowest BCUT2D eigenvalue weighted by atomic mass is 10.3. The maximum absolute atomic E-state index is 13.9. The minimum absolute atomic E-state index is 0.215. The van der Waals surface area contributed by atoms with Crippen LogP contribution >= 0.6 is 0 Å². The Bertz CT molecular complexity index is 686. The first-order valence-corrected chi connectivity index (χ1v) is 8.62. The summed E-state index contributed by atoms with van der Waals surface area (Å²) in [5.41, 5.74) is 0. The van der Waals surface area contributed by atoms with Crippen molar-refractivity contribution >= 4 is 11.8 Å². The van der Waals surface area contributed by atoms with Crippen molar-refractivity contribution in [1.82, 2.24) is 25.2 Å². The quantitative estimate of drug-likeness (QED) is 0.609. The molecule has 1 atom stereocenters. The molecule has 0 radical (unpaired) electrons. The Morgan fingerprint density at radius 3 is 3.12 bits per heavy atom. The average Bonchev–Trinajstić information content (AvgIpc) is 3.27. The normalized spacial score (nSPS) is 17.8. The molecule has 1 aliphatic heterocycles. The molecule has 7 nitrogen and oxygen atoms in total. The highest BCUT2D eigenvalue weighted by atomic mass is 19.1. The van der Waals surface area contributed by atoms with Crippen molar-refractivity contribution < 1.29 is 4.39 Å². The average molecular weight is 345 g/mol. The molecule has 0 amide bonds. The second-order valence-corrected chi connectivity index (χ2v) is 5.95. The summed E-state index contributed by atoms with van der Waals surface area (Å²) in [4.78, 5) is 14.8. The fourth-order valence-electron chi connectivity index (χ4n) is 2.89. The zero-order valence-electron chi connectivity index (χ0n) is 14.4. The van der Waals surface area contributed by atoms with Gasteiger partial charge in [-0.1, -0.05) is 0 Å². The van der Waals surface area contributed by atoms with Crippen LogP contribution in [0.25, 0.3) is 0 Å². The maximum atomic E-state index is 13.9. The number of halogens is 1. The van der Waals surface area contributed by atoms with Crippen molar-refractivity contribution in [3.8, 4) is 0 Å². The van der Waals surface area contributed by atoms with E-state index in [0.717, 1.165) is 32.0 Å². The molecule has 0 bridgehead atoms. The predicted octanol–water partition coefficient (Wildman–Crippen LogP) is 1.25. The first-order valence-electron chi connectivity index (χ1n) is 8.62. The number of aliphatic imine (C=N–C) groups is 1. The van der Waals surface area contributed by atoms with Gasteiger partial charge in [0.15, 0.2) is 17.6 Å². The monoisotopic (exact) mass is 345 g/mol. The molecule has 3 heterocycles. The van der Waals surface area contributed by atoms with Crippen LogP contribution < -0.4 is 15.5 Å².